The molecule has 0 aliphatic heterocycles. The van der Waals surface area contributed by atoms with Gasteiger partial charge in [0, 0.05) is 25.8 Å². The zero-order chi connectivity index (χ0) is 13.0. The lowest BCUT2D eigenvalue weighted by molar-refractivity contribution is 0.0288. The molecule has 1 heterocycles. The number of likely N-dealkylation sites (N-methyl/N-ethyl adjacent to an activating group) is 1. The van der Waals surface area contributed by atoms with Crippen LogP contribution in [0.2, 0.25) is 0 Å². The van der Waals surface area contributed by atoms with Gasteiger partial charge in [0.05, 0.1) is 6.10 Å². The molecule has 2 rings (SSSR count). The Kier molecular flexibility index (Phi) is 4.55. The fourth-order valence-corrected chi connectivity index (χ4v) is 2.68. The van der Waals surface area contributed by atoms with E-state index in [0.29, 0.717) is 6.04 Å². The number of aliphatic hydroxyl groups is 1. The second-order valence-corrected chi connectivity index (χ2v) is 5.14. The molecule has 18 heavy (non-hydrogen) atoms. The summed E-state index contributed by atoms with van der Waals surface area (Å²) in [7, 11) is 3.96. The first-order valence-corrected chi connectivity index (χ1v) is 6.71. The molecule has 1 aromatic heterocycles. The lowest BCUT2D eigenvalue weighted by Crippen LogP contribution is -2.42. The van der Waals surface area contributed by atoms with Gasteiger partial charge in [-0.25, -0.2) is 4.98 Å². The zero-order valence-corrected chi connectivity index (χ0v) is 11.3. The van der Waals surface area contributed by atoms with Crippen molar-refractivity contribution in [1.29, 1.82) is 0 Å². The molecule has 0 amide bonds. The standard InChI is InChI=1S/C14H23N3O/c1-15-14-8-7-11(9-16-14)10-17(2)12-5-3-4-6-13(12)18/h7-9,12-13,18H,3-6,10H2,1-2H3,(H,15,16). The molecular formula is C14H23N3O. The third-order valence-electron chi connectivity index (χ3n) is 3.77. The van der Waals surface area contributed by atoms with Gasteiger partial charge in [-0.2, -0.15) is 0 Å². The number of nitrogens with one attached hydrogen (secondary N) is 1. The Hall–Kier alpha value is -1.13. The molecule has 1 saturated carbocycles. The number of hydrogen-bond acceptors (Lipinski definition) is 4. The lowest BCUT2D eigenvalue weighted by atomic mass is 9.91. The van der Waals surface area contributed by atoms with Crippen LogP contribution in [0, 0.1) is 0 Å². The first kappa shape index (κ1) is 13.3. The predicted molar refractivity (Wildman–Crippen MR) is 73.5 cm³/mol. The summed E-state index contributed by atoms with van der Waals surface area (Å²) in [4.78, 5) is 6.56. The van der Waals surface area contributed by atoms with Crippen LogP contribution in [0.3, 0.4) is 0 Å². The molecule has 2 unspecified atom stereocenters. The van der Waals surface area contributed by atoms with E-state index in [1.54, 1.807) is 0 Å². The van der Waals surface area contributed by atoms with Crippen LogP contribution in [0.4, 0.5) is 5.82 Å². The SMILES string of the molecule is CNc1ccc(CN(C)C2CCCCC2O)cn1. The van der Waals surface area contributed by atoms with Gasteiger partial charge in [0.25, 0.3) is 0 Å². The quantitative estimate of drug-likeness (QED) is 0.855. The predicted octanol–water partition coefficient (Wildman–Crippen LogP) is 1.86. The van der Waals surface area contributed by atoms with Crippen molar-refractivity contribution in [2.45, 2.75) is 44.4 Å². The summed E-state index contributed by atoms with van der Waals surface area (Å²) in [5.41, 5.74) is 1.19. The Labute approximate surface area is 109 Å². The average molecular weight is 249 g/mol. The third kappa shape index (κ3) is 3.21. The Morgan fingerprint density at radius 1 is 1.39 bits per heavy atom. The number of rotatable bonds is 4. The summed E-state index contributed by atoms with van der Waals surface area (Å²) >= 11 is 0. The van der Waals surface area contributed by atoms with Gasteiger partial charge >= 0.3 is 0 Å². The van der Waals surface area contributed by atoms with Crippen LogP contribution in [0.15, 0.2) is 18.3 Å². The fraction of sp³-hybridized carbons (Fsp3) is 0.643. The highest BCUT2D eigenvalue weighted by molar-refractivity contribution is 5.34. The first-order valence-electron chi connectivity index (χ1n) is 6.71. The molecule has 1 aromatic rings. The number of hydrogen-bond donors (Lipinski definition) is 2. The molecule has 2 N–H and O–H groups in total. The normalized spacial score (nSPS) is 24.2. The van der Waals surface area contributed by atoms with Crippen LogP contribution in [-0.2, 0) is 6.54 Å². The van der Waals surface area contributed by atoms with Crippen LogP contribution >= 0.6 is 0 Å². The van der Waals surface area contributed by atoms with Crippen molar-refractivity contribution in [3.63, 3.8) is 0 Å². The lowest BCUT2D eigenvalue weighted by Gasteiger charge is -2.35. The van der Waals surface area contributed by atoms with Gasteiger partial charge in [0.2, 0.25) is 0 Å². The second kappa shape index (κ2) is 6.16. The summed E-state index contributed by atoms with van der Waals surface area (Å²) in [6.45, 7) is 0.846. The van der Waals surface area contributed by atoms with E-state index in [1.165, 1.54) is 12.0 Å². The molecule has 1 aliphatic carbocycles. The van der Waals surface area contributed by atoms with Crippen molar-refractivity contribution >= 4 is 5.82 Å². The second-order valence-electron chi connectivity index (χ2n) is 5.14. The van der Waals surface area contributed by atoms with Gasteiger partial charge in [-0.1, -0.05) is 18.9 Å². The fourth-order valence-electron chi connectivity index (χ4n) is 2.68. The minimum Gasteiger partial charge on any atom is -0.391 e. The monoisotopic (exact) mass is 249 g/mol. The van der Waals surface area contributed by atoms with Crippen molar-refractivity contribution in [2.75, 3.05) is 19.4 Å². The number of anilines is 1. The van der Waals surface area contributed by atoms with Crippen molar-refractivity contribution in [3.05, 3.63) is 23.9 Å². The van der Waals surface area contributed by atoms with Crippen LogP contribution in [0.1, 0.15) is 31.2 Å². The van der Waals surface area contributed by atoms with Gasteiger partial charge in [-0.15, -0.1) is 0 Å². The zero-order valence-electron chi connectivity index (χ0n) is 11.3. The Balaban J connectivity index is 1.94. The average Bonchev–Trinajstić information content (AvgIpc) is 2.40. The molecule has 0 spiro atoms. The minimum absolute atomic E-state index is 0.173. The molecule has 1 aliphatic rings. The first-order chi connectivity index (χ1) is 8.70. The highest BCUT2D eigenvalue weighted by atomic mass is 16.3. The van der Waals surface area contributed by atoms with E-state index < -0.39 is 0 Å². The van der Waals surface area contributed by atoms with Crippen LogP contribution < -0.4 is 5.32 Å². The molecule has 100 valence electrons. The maximum Gasteiger partial charge on any atom is 0.125 e. The largest absolute Gasteiger partial charge is 0.391 e. The molecular weight excluding hydrogens is 226 g/mol. The number of pyridine rings is 1. The molecule has 0 aromatic carbocycles. The summed E-state index contributed by atoms with van der Waals surface area (Å²) < 4.78 is 0. The number of nitrogens with zero attached hydrogens (tertiary/aromatic N) is 2. The van der Waals surface area contributed by atoms with Gasteiger partial charge in [0.15, 0.2) is 0 Å². The molecule has 0 saturated heterocycles. The van der Waals surface area contributed by atoms with Crippen molar-refractivity contribution < 1.29 is 5.11 Å². The summed E-state index contributed by atoms with van der Waals surface area (Å²) in [6, 6.07) is 4.37. The van der Waals surface area contributed by atoms with Crippen LogP contribution in [0.5, 0.6) is 0 Å². The molecule has 0 radical (unpaired) electrons. The minimum atomic E-state index is -0.173. The van der Waals surface area contributed by atoms with Crippen molar-refractivity contribution in [3.8, 4) is 0 Å². The van der Waals surface area contributed by atoms with E-state index in [0.717, 1.165) is 31.6 Å². The van der Waals surface area contributed by atoms with E-state index in [-0.39, 0.29) is 6.10 Å². The van der Waals surface area contributed by atoms with Gasteiger partial charge in [-0.3, -0.25) is 4.90 Å². The summed E-state index contributed by atoms with van der Waals surface area (Å²) in [5, 5.41) is 13.0. The highest BCUT2D eigenvalue weighted by Crippen LogP contribution is 2.23. The van der Waals surface area contributed by atoms with Crippen molar-refractivity contribution in [2.24, 2.45) is 0 Å². The number of aromatic nitrogens is 1. The molecule has 4 heteroatoms. The van der Waals surface area contributed by atoms with Gasteiger partial charge < -0.3 is 10.4 Å². The molecule has 4 nitrogen and oxygen atoms in total. The third-order valence-corrected chi connectivity index (χ3v) is 3.77. The van der Waals surface area contributed by atoms with Crippen LogP contribution in [-0.4, -0.2) is 41.2 Å². The topological polar surface area (TPSA) is 48.4 Å². The molecule has 2 atom stereocenters. The van der Waals surface area contributed by atoms with E-state index in [4.69, 9.17) is 0 Å². The van der Waals surface area contributed by atoms with Crippen molar-refractivity contribution in [1.82, 2.24) is 9.88 Å². The molecule has 0 bridgehead atoms. The smallest absolute Gasteiger partial charge is 0.125 e. The maximum absolute atomic E-state index is 10.0. The molecule has 1 fully saturated rings. The van der Waals surface area contributed by atoms with Gasteiger partial charge in [0.1, 0.15) is 5.82 Å². The Morgan fingerprint density at radius 3 is 2.78 bits per heavy atom. The Morgan fingerprint density at radius 2 is 2.17 bits per heavy atom. The maximum atomic E-state index is 10.0. The number of aliphatic hydroxyl groups excluding tert-OH is 1. The van der Waals surface area contributed by atoms with Crippen LogP contribution in [0.25, 0.3) is 0 Å². The Bertz CT molecular complexity index is 366. The van der Waals surface area contributed by atoms with E-state index in [1.807, 2.05) is 19.3 Å². The summed E-state index contributed by atoms with van der Waals surface area (Å²) in [5.74, 6) is 0.888. The highest BCUT2D eigenvalue weighted by Gasteiger charge is 2.26. The van der Waals surface area contributed by atoms with Gasteiger partial charge in [-0.05, 0) is 31.5 Å². The van der Waals surface area contributed by atoms with E-state index in [9.17, 15) is 5.11 Å². The van der Waals surface area contributed by atoms with E-state index >= 15 is 0 Å². The summed E-state index contributed by atoms with van der Waals surface area (Å²) in [6.07, 6.45) is 6.14. The van der Waals surface area contributed by atoms with E-state index in [2.05, 4.69) is 28.3 Å².